The van der Waals surface area contributed by atoms with E-state index in [2.05, 4.69) is 9.97 Å². The Morgan fingerprint density at radius 1 is 1.12 bits per heavy atom. The van der Waals surface area contributed by atoms with E-state index in [1.807, 2.05) is 9.80 Å². The first-order valence-corrected chi connectivity index (χ1v) is 7.64. The van der Waals surface area contributed by atoms with Gasteiger partial charge >= 0.3 is 5.97 Å². The molecule has 1 atom stereocenters. The highest BCUT2D eigenvalue weighted by Gasteiger charge is 2.37. The Morgan fingerprint density at radius 2 is 1.79 bits per heavy atom. The Balaban J connectivity index is 2.05. The third-order valence-electron chi connectivity index (χ3n) is 3.98. The number of ether oxygens (including phenoxy) is 4. The van der Waals surface area contributed by atoms with Crippen LogP contribution in [0, 0.1) is 0 Å². The lowest BCUT2D eigenvalue weighted by Crippen LogP contribution is -2.57. The van der Waals surface area contributed by atoms with Crippen molar-refractivity contribution in [3.05, 3.63) is 12.3 Å². The van der Waals surface area contributed by atoms with Crippen LogP contribution in [0.5, 0.6) is 5.88 Å². The van der Waals surface area contributed by atoms with Gasteiger partial charge in [-0.2, -0.15) is 4.98 Å². The van der Waals surface area contributed by atoms with Crippen LogP contribution >= 0.6 is 0 Å². The molecule has 0 saturated carbocycles. The standard InChI is InChI=1S/C15H24N4O5/c1-21-11-5-6-16-15(17-11)19-9-7-18(8-10-19)12(13(20)22-2)14(23-3)24-4/h5-6,12,14H,7-10H2,1-4H3/t12-/m1/s1. The van der Waals surface area contributed by atoms with Crippen molar-refractivity contribution in [3.63, 3.8) is 0 Å². The zero-order valence-corrected chi connectivity index (χ0v) is 14.5. The van der Waals surface area contributed by atoms with Gasteiger partial charge in [0, 0.05) is 52.7 Å². The molecular weight excluding hydrogens is 316 g/mol. The van der Waals surface area contributed by atoms with E-state index in [0.29, 0.717) is 38.0 Å². The van der Waals surface area contributed by atoms with Crippen molar-refractivity contribution in [3.8, 4) is 5.88 Å². The van der Waals surface area contributed by atoms with Crippen LogP contribution in [0.25, 0.3) is 0 Å². The maximum atomic E-state index is 12.1. The molecule has 1 aromatic rings. The molecule has 1 aromatic heterocycles. The highest BCUT2D eigenvalue weighted by Crippen LogP contribution is 2.18. The van der Waals surface area contributed by atoms with Crippen molar-refractivity contribution in [2.24, 2.45) is 0 Å². The molecule has 9 heteroatoms. The highest BCUT2D eigenvalue weighted by atomic mass is 16.7. The molecule has 1 fully saturated rings. The summed E-state index contributed by atoms with van der Waals surface area (Å²) in [7, 11) is 5.94. The molecule has 0 amide bonds. The van der Waals surface area contributed by atoms with Crippen LogP contribution in [0.3, 0.4) is 0 Å². The van der Waals surface area contributed by atoms with Crippen LogP contribution in [0.1, 0.15) is 0 Å². The molecule has 0 radical (unpaired) electrons. The van der Waals surface area contributed by atoms with E-state index in [1.165, 1.54) is 21.3 Å². The molecule has 24 heavy (non-hydrogen) atoms. The second-order valence-corrected chi connectivity index (χ2v) is 5.23. The number of aromatic nitrogens is 2. The van der Waals surface area contributed by atoms with Gasteiger partial charge in [0.25, 0.3) is 0 Å². The van der Waals surface area contributed by atoms with Crippen LogP contribution in [-0.2, 0) is 19.0 Å². The summed E-state index contributed by atoms with van der Waals surface area (Å²) in [5, 5.41) is 0. The first-order valence-electron chi connectivity index (χ1n) is 7.64. The van der Waals surface area contributed by atoms with Gasteiger partial charge in [-0.15, -0.1) is 0 Å². The number of anilines is 1. The van der Waals surface area contributed by atoms with E-state index in [9.17, 15) is 4.79 Å². The average molecular weight is 340 g/mol. The maximum Gasteiger partial charge on any atom is 0.328 e. The molecule has 0 N–H and O–H groups in total. The second kappa shape index (κ2) is 8.76. The molecule has 0 bridgehead atoms. The summed E-state index contributed by atoms with van der Waals surface area (Å²) in [6.45, 7) is 2.59. The van der Waals surface area contributed by atoms with Gasteiger partial charge in [-0.05, 0) is 0 Å². The summed E-state index contributed by atoms with van der Waals surface area (Å²) in [4.78, 5) is 24.8. The summed E-state index contributed by atoms with van der Waals surface area (Å²) in [5.41, 5.74) is 0. The van der Waals surface area contributed by atoms with Crippen LogP contribution in [0.4, 0.5) is 5.95 Å². The van der Waals surface area contributed by atoms with Gasteiger partial charge in [0.1, 0.15) is 0 Å². The number of rotatable bonds is 7. The topological polar surface area (TPSA) is 86.3 Å². The predicted molar refractivity (Wildman–Crippen MR) is 86.0 cm³/mol. The van der Waals surface area contributed by atoms with Crippen molar-refractivity contribution in [2.75, 3.05) is 59.5 Å². The van der Waals surface area contributed by atoms with Gasteiger partial charge in [0.05, 0.1) is 14.2 Å². The molecule has 1 aliphatic rings. The largest absolute Gasteiger partial charge is 0.481 e. The van der Waals surface area contributed by atoms with Crippen molar-refractivity contribution < 1.29 is 23.7 Å². The van der Waals surface area contributed by atoms with Crippen molar-refractivity contribution in [1.82, 2.24) is 14.9 Å². The summed E-state index contributed by atoms with van der Waals surface area (Å²) in [5.74, 6) is 0.752. The first-order chi connectivity index (χ1) is 11.6. The number of piperazine rings is 1. The van der Waals surface area contributed by atoms with E-state index in [0.717, 1.165) is 0 Å². The quantitative estimate of drug-likeness (QED) is 0.493. The summed E-state index contributed by atoms with van der Waals surface area (Å²) < 4.78 is 20.5. The van der Waals surface area contributed by atoms with Crippen LogP contribution < -0.4 is 9.64 Å². The first kappa shape index (κ1) is 18.4. The number of esters is 1. The zero-order chi connectivity index (χ0) is 17.5. The number of hydrogen-bond donors (Lipinski definition) is 0. The molecule has 0 aromatic carbocycles. The summed E-state index contributed by atoms with van der Waals surface area (Å²) >= 11 is 0. The molecule has 2 heterocycles. The molecular formula is C15H24N4O5. The molecule has 1 saturated heterocycles. The van der Waals surface area contributed by atoms with Crippen molar-refractivity contribution in [2.45, 2.75) is 12.3 Å². The third kappa shape index (κ3) is 4.11. The molecule has 1 aliphatic heterocycles. The van der Waals surface area contributed by atoms with Crippen molar-refractivity contribution >= 4 is 11.9 Å². The fraction of sp³-hybridized carbons (Fsp3) is 0.667. The Labute approximate surface area is 141 Å². The Hall–Kier alpha value is -1.97. The van der Waals surface area contributed by atoms with Gasteiger partial charge in [-0.25, -0.2) is 4.98 Å². The molecule has 2 rings (SSSR count). The minimum absolute atomic E-state index is 0.380. The fourth-order valence-corrected chi connectivity index (χ4v) is 2.71. The molecule has 134 valence electrons. The number of methoxy groups -OCH3 is 4. The summed E-state index contributed by atoms with van der Waals surface area (Å²) in [6, 6.07) is 1.09. The zero-order valence-electron chi connectivity index (χ0n) is 14.5. The van der Waals surface area contributed by atoms with E-state index in [-0.39, 0.29) is 5.97 Å². The van der Waals surface area contributed by atoms with Gasteiger partial charge in [-0.1, -0.05) is 0 Å². The Kier molecular flexibility index (Phi) is 6.71. The van der Waals surface area contributed by atoms with Crippen molar-refractivity contribution in [1.29, 1.82) is 0 Å². The SMILES string of the molecule is COC(=O)[C@H](C(OC)OC)N1CCN(c2nccc(OC)n2)CC1. The monoisotopic (exact) mass is 340 g/mol. The van der Waals surface area contributed by atoms with E-state index >= 15 is 0 Å². The minimum atomic E-state index is -0.683. The Bertz CT molecular complexity index is 532. The van der Waals surface area contributed by atoms with Gasteiger partial charge in [0.2, 0.25) is 11.8 Å². The molecule has 0 unspecified atom stereocenters. The van der Waals surface area contributed by atoms with Crippen LogP contribution in [0.2, 0.25) is 0 Å². The second-order valence-electron chi connectivity index (χ2n) is 5.23. The number of carbonyl (C=O) groups excluding carboxylic acids is 1. The predicted octanol–water partition coefficient (Wildman–Crippen LogP) is -0.232. The van der Waals surface area contributed by atoms with E-state index in [1.54, 1.807) is 19.4 Å². The Morgan fingerprint density at radius 3 is 2.33 bits per heavy atom. The van der Waals surface area contributed by atoms with Gasteiger partial charge in [0.15, 0.2) is 12.3 Å². The molecule has 9 nitrogen and oxygen atoms in total. The number of hydrogen-bond acceptors (Lipinski definition) is 9. The van der Waals surface area contributed by atoms with E-state index in [4.69, 9.17) is 18.9 Å². The number of carbonyl (C=O) groups is 1. The lowest BCUT2D eigenvalue weighted by Gasteiger charge is -2.39. The van der Waals surface area contributed by atoms with Crippen LogP contribution in [0.15, 0.2) is 12.3 Å². The van der Waals surface area contributed by atoms with Gasteiger partial charge in [-0.3, -0.25) is 9.69 Å². The van der Waals surface area contributed by atoms with Gasteiger partial charge < -0.3 is 23.8 Å². The minimum Gasteiger partial charge on any atom is -0.481 e. The van der Waals surface area contributed by atoms with Crippen LogP contribution in [-0.4, -0.2) is 87.8 Å². The highest BCUT2D eigenvalue weighted by molar-refractivity contribution is 5.76. The third-order valence-corrected chi connectivity index (χ3v) is 3.98. The smallest absolute Gasteiger partial charge is 0.328 e. The molecule has 0 spiro atoms. The lowest BCUT2D eigenvalue weighted by molar-refractivity contribution is -0.179. The normalized spacial score (nSPS) is 17.0. The summed E-state index contributed by atoms with van der Waals surface area (Å²) in [6.07, 6.45) is 0.980. The average Bonchev–Trinajstić information content (AvgIpc) is 2.65. The lowest BCUT2D eigenvalue weighted by atomic mass is 10.2. The fourth-order valence-electron chi connectivity index (χ4n) is 2.71. The molecule has 0 aliphatic carbocycles. The number of nitrogens with zero attached hydrogens (tertiary/aromatic N) is 4. The maximum absolute atomic E-state index is 12.1. The van der Waals surface area contributed by atoms with E-state index < -0.39 is 12.3 Å².